The molecule has 0 aromatic carbocycles. The van der Waals surface area contributed by atoms with Crippen LogP contribution in [-0.4, -0.2) is 55.3 Å². The van der Waals surface area contributed by atoms with Crippen LogP contribution < -0.4 is 0 Å². The van der Waals surface area contributed by atoms with Crippen molar-refractivity contribution in [1.82, 2.24) is 9.88 Å². The lowest BCUT2D eigenvalue weighted by Gasteiger charge is -2.38. The number of aromatic nitrogens is 1. The second-order valence-electron chi connectivity index (χ2n) is 4.70. The summed E-state index contributed by atoms with van der Waals surface area (Å²) in [4.78, 5) is 18.0. The second-order valence-corrected chi connectivity index (χ2v) is 4.70. The Morgan fingerprint density at radius 3 is 3.00 bits per heavy atom. The molecule has 0 atom stereocenters. The maximum atomic E-state index is 12.4. The van der Waals surface area contributed by atoms with E-state index in [4.69, 9.17) is 18.3 Å². The lowest BCUT2D eigenvalue weighted by Crippen LogP contribution is -2.55. The first kappa shape index (κ1) is 13.8. The molecule has 112 valence electrons. The fourth-order valence-corrected chi connectivity index (χ4v) is 2.14. The number of rotatable bonds is 6. The quantitative estimate of drug-likeness (QED) is 0.749. The number of hydrogen-bond acceptors (Lipinski definition) is 6. The van der Waals surface area contributed by atoms with E-state index < -0.39 is 0 Å². The molecule has 7 nitrogen and oxygen atoms in total. The maximum absolute atomic E-state index is 12.4. The van der Waals surface area contributed by atoms with Crippen LogP contribution in [0, 0.1) is 0 Å². The third-order valence-corrected chi connectivity index (χ3v) is 3.29. The number of furan rings is 1. The SMILES string of the molecule is COCCOC1CN(C(=O)c2ncoc2-c2ccco2)C1. The predicted octanol–water partition coefficient (Wildman–Crippen LogP) is 1.42. The number of carbonyl (C=O) groups excluding carboxylic acids is 1. The molecular formula is C14H16N2O5. The van der Waals surface area contributed by atoms with E-state index >= 15 is 0 Å². The highest BCUT2D eigenvalue weighted by atomic mass is 16.5. The summed E-state index contributed by atoms with van der Waals surface area (Å²) in [6.07, 6.45) is 2.83. The minimum Gasteiger partial charge on any atom is -0.461 e. The molecule has 21 heavy (non-hydrogen) atoms. The maximum Gasteiger partial charge on any atom is 0.276 e. The van der Waals surface area contributed by atoms with Crippen molar-refractivity contribution in [2.75, 3.05) is 33.4 Å². The van der Waals surface area contributed by atoms with Gasteiger partial charge in [0.1, 0.15) is 0 Å². The first-order valence-corrected chi connectivity index (χ1v) is 6.66. The van der Waals surface area contributed by atoms with E-state index in [1.807, 2.05) is 0 Å². The van der Waals surface area contributed by atoms with Crippen LogP contribution in [0.5, 0.6) is 0 Å². The van der Waals surface area contributed by atoms with Crippen LogP contribution in [0.1, 0.15) is 10.5 Å². The van der Waals surface area contributed by atoms with Gasteiger partial charge in [0.2, 0.25) is 5.76 Å². The molecule has 1 fully saturated rings. The Labute approximate surface area is 121 Å². The Morgan fingerprint density at radius 1 is 1.43 bits per heavy atom. The molecule has 0 radical (unpaired) electrons. The van der Waals surface area contributed by atoms with Crippen molar-refractivity contribution in [2.24, 2.45) is 0 Å². The zero-order valence-electron chi connectivity index (χ0n) is 11.7. The summed E-state index contributed by atoms with van der Waals surface area (Å²) < 4.78 is 20.9. The van der Waals surface area contributed by atoms with Gasteiger partial charge in [-0.05, 0) is 12.1 Å². The molecule has 7 heteroatoms. The molecule has 0 N–H and O–H groups in total. The minimum atomic E-state index is -0.179. The lowest BCUT2D eigenvalue weighted by atomic mass is 10.1. The number of oxazole rings is 1. The first-order chi connectivity index (χ1) is 10.3. The van der Waals surface area contributed by atoms with Crippen molar-refractivity contribution < 1.29 is 23.1 Å². The van der Waals surface area contributed by atoms with E-state index in [9.17, 15) is 4.79 Å². The molecule has 1 aliphatic rings. The summed E-state index contributed by atoms with van der Waals surface area (Å²) in [6.45, 7) is 2.18. The monoisotopic (exact) mass is 292 g/mol. The van der Waals surface area contributed by atoms with Crippen molar-refractivity contribution in [2.45, 2.75) is 6.10 Å². The molecule has 0 unspecified atom stereocenters. The van der Waals surface area contributed by atoms with E-state index in [0.29, 0.717) is 37.8 Å². The van der Waals surface area contributed by atoms with Gasteiger partial charge < -0.3 is 23.2 Å². The van der Waals surface area contributed by atoms with E-state index in [2.05, 4.69) is 4.98 Å². The van der Waals surface area contributed by atoms with Gasteiger partial charge >= 0.3 is 0 Å². The van der Waals surface area contributed by atoms with Crippen LogP contribution in [0.4, 0.5) is 0 Å². The van der Waals surface area contributed by atoms with Gasteiger partial charge in [0.05, 0.1) is 25.6 Å². The molecule has 1 aliphatic heterocycles. The van der Waals surface area contributed by atoms with Gasteiger partial charge in [-0.15, -0.1) is 0 Å². The van der Waals surface area contributed by atoms with Gasteiger partial charge in [0.25, 0.3) is 5.91 Å². The van der Waals surface area contributed by atoms with E-state index in [1.54, 1.807) is 24.1 Å². The zero-order valence-corrected chi connectivity index (χ0v) is 11.7. The van der Waals surface area contributed by atoms with Gasteiger partial charge in [-0.1, -0.05) is 0 Å². The number of amides is 1. The van der Waals surface area contributed by atoms with Crippen LogP contribution in [-0.2, 0) is 9.47 Å². The van der Waals surface area contributed by atoms with Crippen LogP contribution in [0.2, 0.25) is 0 Å². The van der Waals surface area contributed by atoms with Gasteiger partial charge in [-0.2, -0.15) is 0 Å². The molecule has 2 aromatic heterocycles. The van der Waals surface area contributed by atoms with E-state index in [1.165, 1.54) is 12.7 Å². The number of methoxy groups -OCH3 is 1. The summed E-state index contributed by atoms with van der Waals surface area (Å²) >= 11 is 0. The predicted molar refractivity (Wildman–Crippen MR) is 71.7 cm³/mol. The standard InChI is InChI=1S/C14H16N2O5/c1-18-5-6-19-10-7-16(8-10)14(17)12-13(21-9-15-12)11-3-2-4-20-11/h2-4,9-10H,5-8H2,1H3. The molecule has 1 amide bonds. The number of ether oxygens (including phenoxy) is 2. The van der Waals surface area contributed by atoms with Crippen molar-refractivity contribution in [3.05, 3.63) is 30.5 Å². The van der Waals surface area contributed by atoms with Crippen molar-refractivity contribution in [3.8, 4) is 11.5 Å². The zero-order chi connectivity index (χ0) is 14.7. The molecule has 3 heterocycles. The fourth-order valence-electron chi connectivity index (χ4n) is 2.14. The summed E-state index contributed by atoms with van der Waals surface area (Å²) in [5, 5.41) is 0. The van der Waals surface area contributed by atoms with Crippen molar-refractivity contribution in [1.29, 1.82) is 0 Å². The van der Waals surface area contributed by atoms with E-state index in [0.717, 1.165) is 0 Å². The summed E-state index contributed by atoms with van der Waals surface area (Å²) in [6, 6.07) is 3.46. The van der Waals surface area contributed by atoms with Gasteiger partial charge in [-0.3, -0.25) is 4.79 Å². The average Bonchev–Trinajstić information content (AvgIpc) is 3.09. The average molecular weight is 292 g/mol. The first-order valence-electron chi connectivity index (χ1n) is 6.66. The Kier molecular flexibility index (Phi) is 4.03. The van der Waals surface area contributed by atoms with Crippen LogP contribution in [0.15, 0.2) is 33.6 Å². The van der Waals surface area contributed by atoms with Crippen LogP contribution >= 0.6 is 0 Å². The molecule has 0 spiro atoms. The normalized spacial score (nSPS) is 15.2. The minimum absolute atomic E-state index is 0.0584. The van der Waals surface area contributed by atoms with Gasteiger partial charge in [0, 0.05) is 20.2 Å². The topological polar surface area (TPSA) is 77.9 Å². The number of carbonyl (C=O) groups is 1. The van der Waals surface area contributed by atoms with Gasteiger partial charge in [-0.25, -0.2) is 4.98 Å². The lowest BCUT2D eigenvalue weighted by molar-refractivity contribution is -0.0556. The highest BCUT2D eigenvalue weighted by Crippen LogP contribution is 2.26. The van der Waals surface area contributed by atoms with Crippen molar-refractivity contribution >= 4 is 5.91 Å². The number of likely N-dealkylation sites (tertiary alicyclic amines) is 1. The van der Waals surface area contributed by atoms with Crippen molar-refractivity contribution in [3.63, 3.8) is 0 Å². The molecule has 0 bridgehead atoms. The van der Waals surface area contributed by atoms with Gasteiger partial charge in [0.15, 0.2) is 17.8 Å². The van der Waals surface area contributed by atoms with Crippen LogP contribution in [0.25, 0.3) is 11.5 Å². The third kappa shape index (κ3) is 2.84. The second kappa shape index (κ2) is 6.11. The summed E-state index contributed by atoms with van der Waals surface area (Å²) in [5.74, 6) is 0.666. The molecule has 0 aliphatic carbocycles. The third-order valence-electron chi connectivity index (χ3n) is 3.29. The molecule has 3 rings (SSSR count). The highest BCUT2D eigenvalue weighted by molar-refractivity contribution is 5.97. The molecule has 1 saturated heterocycles. The molecule has 0 saturated carbocycles. The highest BCUT2D eigenvalue weighted by Gasteiger charge is 2.34. The Balaban J connectivity index is 1.59. The van der Waals surface area contributed by atoms with E-state index in [-0.39, 0.29) is 17.7 Å². The summed E-state index contributed by atoms with van der Waals surface area (Å²) in [5.41, 5.74) is 0.264. The molecule has 2 aromatic rings. The smallest absolute Gasteiger partial charge is 0.276 e. The largest absolute Gasteiger partial charge is 0.461 e. The number of hydrogen-bond donors (Lipinski definition) is 0. The Hall–Kier alpha value is -2.12. The fraction of sp³-hybridized carbons (Fsp3) is 0.429. The van der Waals surface area contributed by atoms with Crippen LogP contribution in [0.3, 0.4) is 0 Å². The summed E-state index contributed by atoms with van der Waals surface area (Å²) in [7, 11) is 1.63. The Bertz CT molecular complexity index is 586. The molecular weight excluding hydrogens is 276 g/mol. The number of nitrogens with zero attached hydrogens (tertiary/aromatic N) is 2. The Morgan fingerprint density at radius 2 is 2.29 bits per heavy atom.